The Balaban J connectivity index is 2.35. The molecule has 6 heteroatoms. The highest BCUT2D eigenvalue weighted by molar-refractivity contribution is 5.83. The summed E-state index contributed by atoms with van der Waals surface area (Å²) >= 11 is 0. The van der Waals surface area contributed by atoms with Gasteiger partial charge < -0.3 is 20.3 Å². The molecular weight excluding hydrogens is 282 g/mol. The zero-order valence-corrected chi connectivity index (χ0v) is 14.4. The molecule has 1 aliphatic heterocycles. The van der Waals surface area contributed by atoms with Crippen molar-refractivity contribution < 1.29 is 14.3 Å². The second-order valence-corrected chi connectivity index (χ2v) is 6.78. The van der Waals surface area contributed by atoms with Gasteiger partial charge in [-0.25, -0.2) is 4.79 Å². The van der Waals surface area contributed by atoms with E-state index >= 15 is 0 Å². The minimum absolute atomic E-state index is 0.0373. The lowest BCUT2D eigenvalue weighted by atomic mass is 10.1. The Bertz CT molecular complexity index is 366. The lowest BCUT2D eigenvalue weighted by Gasteiger charge is -2.34. The second kappa shape index (κ2) is 8.98. The number of carbonyl (C=O) groups is 2. The van der Waals surface area contributed by atoms with Crippen LogP contribution < -0.4 is 10.6 Å². The number of carbonyl (C=O) groups excluding carboxylic acids is 2. The Kier molecular flexibility index (Phi) is 7.65. The molecule has 128 valence electrons. The molecule has 0 bridgehead atoms. The summed E-state index contributed by atoms with van der Waals surface area (Å²) in [7, 11) is 0. The van der Waals surface area contributed by atoms with Crippen molar-refractivity contribution in [3.8, 4) is 0 Å². The quantitative estimate of drug-likeness (QED) is 0.735. The van der Waals surface area contributed by atoms with Crippen molar-refractivity contribution in [1.82, 2.24) is 15.5 Å². The highest BCUT2D eigenvalue weighted by atomic mass is 16.6. The predicted molar refractivity (Wildman–Crippen MR) is 86.7 cm³/mol. The molecule has 0 aromatic carbocycles. The predicted octanol–water partition coefficient (Wildman–Crippen LogP) is 1.89. The van der Waals surface area contributed by atoms with Gasteiger partial charge in [-0.1, -0.05) is 26.2 Å². The molecule has 0 aromatic rings. The summed E-state index contributed by atoms with van der Waals surface area (Å²) in [5, 5.41) is 6.10. The van der Waals surface area contributed by atoms with Gasteiger partial charge in [0.2, 0.25) is 5.91 Å². The first-order chi connectivity index (χ1) is 10.3. The summed E-state index contributed by atoms with van der Waals surface area (Å²) in [5.74, 6) is -0.0373. The summed E-state index contributed by atoms with van der Waals surface area (Å²) < 4.78 is 5.36. The van der Waals surface area contributed by atoms with Crippen LogP contribution in [0.15, 0.2) is 0 Å². The molecule has 1 atom stereocenters. The number of amides is 2. The van der Waals surface area contributed by atoms with Gasteiger partial charge in [0, 0.05) is 26.2 Å². The van der Waals surface area contributed by atoms with Gasteiger partial charge in [-0.2, -0.15) is 0 Å². The molecule has 2 amide bonds. The third-order valence-corrected chi connectivity index (χ3v) is 3.47. The SMILES string of the molecule is CCCCCCNC(=O)C1CN(C(=O)OC(C)(C)C)CCN1. The molecule has 22 heavy (non-hydrogen) atoms. The fourth-order valence-electron chi connectivity index (χ4n) is 2.30. The highest BCUT2D eigenvalue weighted by Crippen LogP contribution is 2.11. The average molecular weight is 313 g/mol. The zero-order valence-electron chi connectivity index (χ0n) is 14.4. The molecule has 1 unspecified atom stereocenters. The van der Waals surface area contributed by atoms with Crippen molar-refractivity contribution in [2.45, 2.75) is 65.0 Å². The fourth-order valence-corrected chi connectivity index (χ4v) is 2.30. The lowest BCUT2D eigenvalue weighted by molar-refractivity contribution is -0.124. The topological polar surface area (TPSA) is 70.7 Å². The molecule has 1 aliphatic rings. The number of nitrogens with one attached hydrogen (secondary N) is 2. The van der Waals surface area contributed by atoms with Crippen LogP contribution in [0.4, 0.5) is 4.79 Å². The van der Waals surface area contributed by atoms with E-state index in [9.17, 15) is 9.59 Å². The van der Waals surface area contributed by atoms with Gasteiger partial charge in [-0.15, -0.1) is 0 Å². The summed E-state index contributed by atoms with van der Waals surface area (Å²) in [6, 6.07) is -0.354. The van der Waals surface area contributed by atoms with E-state index in [-0.39, 0.29) is 18.0 Å². The number of ether oxygens (including phenoxy) is 1. The third kappa shape index (κ3) is 7.11. The molecule has 0 spiro atoms. The summed E-state index contributed by atoms with van der Waals surface area (Å²) in [5.41, 5.74) is -0.515. The van der Waals surface area contributed by atoms with Crippen LogP contribution in [-0.2, 0) is 9.53 Å². The summed E-state index contributed by atoms with van der Waals surface area (Å²) in [6.45, 7) is 9.91. The molecule has 0 saturated carbocycles. The highest BCUT2D eigenvalue weighted by Gasteiger charge is 2.30. The minimum Gasteiger partial charge on any atom is -0.444 e. The van der Waals surface area contributed by atoms with Gasteiger partial charge in [0.25, 0.3) is 0 Å². The lowest BCUT2D eigenvalue weighted by Crippen LogP contribution is -2.58. The van der Waals surface area contributed by atoms with Crippen molar-refractivity contribution in [2.24, 2.45) is 0 Å². The van der Waals surface area contributed by atoms with Crippen molar-refractivity contribution in [3.63, 3.8) is 0 Å². The van der Waals surface area contributed by atoms with Gasteiger partial charge in [-0.3, -0.25) is 4.79 Å². The van der Waals surface area contributed by atoms with E-state index in [1.54, 1.807) is 4.90 Å². The second-order valence-electron chi connectivity index (χ2n) is 6.78. The Labute approximate surface area is 134 Å². The van der Waals surface area contributed by atoms with Gasteiger partial charge >= 0.3 is 6.09 Å². The molecule has 0 aliphatic carbocycles. The van der Waals surface area contributed by atoms with Crippen LogP contribution >= 0.6 is 0 Å². The number of hydrogen-bond donors (Lipinski definition) is 2. The van der Waals surface area contributed by atoms with Gasteiger partial charge in [-0.05, 0) is 27.2 Å². The molecule has 1 rings (SSSR count). The maximum Gasteiger partial charge on any atom is 0.410 e. The Morgan fingerprint density at radius 1 is 1.27 bits per heavy atom. The van der Waals surface area contributed by atoms with E-state index in [2.05, 4.69) is 17.6 Å². The molecule has 6 nitrogen and oxygen atoms in total. The standard InChI is InChI=1S/C16H31N3O3/c1-5-6-7-8-9-18-14(20)13-12-19(11-10-17-13)15(21)22-16(2,3)4/h13,17H,5-12H2,1-4H3,(H,18,20). The number of unbranched alkanes of at least 4 members (excludes halogenated alkanes) is 3. The van der Waals surface area contributed by atoms with E-state index in [4.69, 9.17) is 4.74 Å². The zero-order chi connectivity index (χ0) is 16.6. The van der Waals surface area contributed by atoms with E-state index in [0.29, 0.717) is 26.2 Å². The molecule has 1 saturated heterocycles. The Morgan fingerprint density at radius 3 is 2.64 bits per heavy atom. The van der Waals surface area contributed by atoms with Crippen LogP contribution in [0.2, 0.25) is 0 Å². The molecule has 1 fully saturated rings. The van der Waals surface area contributed by atoms with Crippen LogP contribution in [0.25, 0.3) is 0 Å². The van der Waals surface area contributed by atoms with E-state index in [1.165, 1.54) is 12.8 Å². The molecule has 1 heterocycles. The number of rotatable bonds is 6. The van der Waals surface area contributed by atoms with E-state index in [1.807, 2.05) is 20.8 Å². The maximum absolute atomic E-state index is 12.1. The van der Waals surface area contributed by atoms with Crippen LogP contribution in [0, 0.1) is 0 Å². The number of nitrogens with zero attached hydrogens (tertiary/aromatic N) is 1. The smallest absolute Gasteiger partial charge is 0.410 e. The van der Waals surface area contributed by atoms with Crippen molar-refractivity contribution in [3.05, 3.63) is 0 Å². The Hall–Kier alpha value is -1.30. The van der Waals surface area contributed by atoms with E-state index < -0.39 is 5.60 Å². The normalized spacial score (nSPS) is 18.9. The molecular formula is C16H31N3O3. The van der Waals surface area contributed by atoms with E-state index in [0.717, 1.165) is 12.8 Å². The van der Waals surface area contributed by atoms with Crippen LogP contribution in [0.1, 0.15) is 53.4 Å². The monoisotopic (exact) mass is 313 g/mol. The van der Waals surface area contributed by atoms with Gasteiger partial charge in [0.1, 0.15) is 11.6 Å². The van der Waals surface area contributed by atoms with Crippen molar-refractivity contribution >= 4 is 12.0 Å². The Morgan fingerprint density at radius 2 is 2.00 bits per heavy atom. The van der Waals surface area contributed by atoms with Crippen LogP contribution in [-0.4, -0.2) is 54.7 Å². The van der Waals surface area contributed by atoms with Crippen molar-refractivity contribution in [2.75, 3.05) is 26.2 Å². The summed E-state index contributed by atoms with van der Waals surface area (Å²) in [6.07, 6.45) is 4.17. The average Bonchev–Trinajstić information content (AvgIpc) is 2.45. The first-order valence-corrected chi connectivity index (χ1v) is 8.32. The maximum atomic E-state index is 12.1. The number of hydrogen-bond acceptors (Lipinski definition) is 4. The number of piperazine rings is 1. The third-order valence-electron chi connectivity index (χ3n) is 3.47. The fraction of sp³-hybridized carbons (Fsp3) is 0.875. The van der Waals surface area contributed by atoms with Gasteiger partial charge in [0.15, 0.2) is 0 Å². The van der Waals surface area contributed by atoms with Crippen LogP contribution in [0.3, 0.4) is 0 Å². The molecule has 0 radical (unpaired) electrons. The van der Waals surface area contributed by atoms with Crippen LogP contribution in [0.5, 0.6) is 0 Å². The van der Waals surface area contributed by atoms with Crippen molar-refractivity contribution in [1.29, 1.82) is 0 Å². The largest absolute Gasteiger partial charge is 0.444 e. The molecule has 0 aromatic heterocycles. The minimum atomic E-state index is -0.515. The first-order valence-electron chi connectivity index (χ1n) is 8.32. The van der Waals surface area contributed by atoms with Gasteiger partial charge in [0.05, 0.1) is 0 Å². The molecule has 2 N–H and O–H groups in total. The summed E-state index contributed by atoms with van der Waals surface area (Å²) in [4.78, 5) is 25.8. The first kappa shape index (κ1) is 18.7.